The van der Waals surface area contributed by atoms with Crippen molar-refractivity contribution in [2.24, 2.45) is 5.41 Å². The van der Waals surface area contributed by atoms with Gasteiger partial charge in [-0.3, -0.25) is 14.4 Å². The Morgan fingerprint density at radius 3 is 2.35 bits per heavy atom. The van der Waals surface area contributed by atoms with Crippen LogP contribution < -0.4 is 0 Å². The van der Waals surface area contributed by atoms with Crippen LogP contribution in [0.3, 0.4) is 0 Å². The highest BCUT2D eigenvalue weighted by Gasteiger charge is 2.40. The number of hydrogen-bond acceptors (Lipinski definition) is 3. The van der Waals surface area contributed by atoms with Crippen molar-refractivity contribution >= 4 is 17.8 Å². The van der Waals surface area contributed by atoms with Crippen LogP contribution in [0.15, 0.2) is 0 Å². The first-order chi connectivity index (χ1) is 9.18. The molecule has 0 aromatic heterocycles. The van der Waals surface area contributed by atoms with E-state index in [0.717, 1.165) is 6.42 Å². The maximum atomic E-state index is 12.4. The number of likely N-dealkylation sites (tertiary alicyclic amines) is 1. The van der Waals surface area contributed by atoms with Gasteiger partial charge in [0, 0.05) is 18.5 Å². The molecule has 0 spiro atoms. The molecule has 2 amide bonds. The predicted octanol–water partition coefficient (Wildman–Crippen LogP) is 0.957. The normalized spacial score (nSPS) is 19.0. The van der Waals surface area contributed by atoms with Crippen molar-refractivity contribution in [3.8, 4) is 0 Å². The summed E-state index contributed by atoms with van der Waals surface area (Å²) in [6, 6.07) is -0.513. The molecule has 1 N–H and O–H groups in total. The van der Waals surface area contributed by atoms with Crippen LogP contribution in [0.2, 0.25) is 0 Å². The molecule has 0 aromatic carbocycles. The molecule has 1 aliphatic heterocycles. The maximum Gasteiger partial charge on any atom is 0.323 e. The fraction of sp³-hybridized carbons (Fsp3) is 0.786. The van der Waals surface area contributed by atoms with Crippen molar-refractivity contribution in [1.82, 2.24) is 9.80 Å². The molecule has 114 valence electrons. The Kier molecular flexibility index (Phi) is 5.14. The molecule has 20 heavy (non-hydrogen) atoms. The number of hydrogen-bond donors (Lipinski definition) is 1. The van der Waals surface area contributed by atoms with E-state index in [9.17, 15) is 14.4 Å². The van der Waals surface area contributed by atoms with E-state index in [1.165, 1.54) is 4.90 Å². The zero-order valence-electron chi connectivity index (χ0n) is 12.7. The zero-order valence-corrected chi connectivity index (χ0v) is 12.7. The molecule has 0 aromatic rings. The highest BCUT2D eigenvalue weighted by molar-refractivity contribution is 5.91. The van der Waals surface area contributed by atoms with Crippen molar-refractivity contribution < 1.29 is 19.5 Å². The molecule has 1 rings (SSSR count). The first kappa shape index (κ1) is 16.5. The Balaban J connectivity index is 2.85. The summed E-state index contributed by atoms with van der Waals surface area (Å²) in [5, 5.41) is 8.84. The van der Waals surface area contributed by atoms with Gasteiger partial charge in [0.1, 0.15) is 12.6 Å². The molecule has 0 radical (unpaired) electrons. The molecule has 0 bridgehead atoms. The van der Waals surface area contributed by atoms with E-state index in [1.54, 1.807) is 11.8 Å². The largest absolute Gasteiger partial charge is 0.480 e. The lowest BCUT2D eigenvalue weighted by molar-refractivity contribution is -0.151. The first-order valence-electron chi connectivity index (χ1n) is 7.00. The van der Waals surface area contributed by atoms with Crippen LogP contribution in [-0.4, -0.2) is 58.4 Å². The summed E-state index contributed by atoms with van der Waals surface area (Å²) in [4.78, 5) is 38.5. The zero-order chi connectivity index (χ0) is 15.5. The van der Waals surface area contributed by atoms with Gasteiger partial charge in [0.15, 0.2) is 0 Å². The average molecular weight is 284 g/mol. The van der Waals surface area contributed by atoms with Crippen LogP contribution >= 0.6 is 0 Å². The lowest BCUT2D eigenvalue weighted by Gasteiger charge is -2.32. The fourth-order valence-electron chi connectivity index (χ4n) is 2.42. The van der Waals surface area contributed by atoms with Gasteiger partial charge in [-0.2, -0.15) is 0 Å². The summed E-state index contributed by atoms with van der Waals surface area (Å²) in [6.07, 6.45) is 1.39. The molecule has 0 aliphatic carbocycles. The Hall–Kier alpha value is -1.59. The summed E-state index contributed by atoms with van der Waals surface area (Å²) in [6.45, 7) is 7.80. The smallest absolute Gasteiger partial charge is 0.323 e. The van der Waals surface area contributed by atoms with Gasteiger partial charge in [-0.05, 0) is 19.8 Å². The van der Waals surface area contributed by atoms with E-state index in [1.807, 2.05) is 20.8 Å². The standard InChI is InChI=1S/C14H24N2O4/c1-5-15(9-11(17)18)12(19)10-7-6-8-16(10)13(20)14(2,3)4/h10H,5-9H2,1-4H3,(H,17,18). The van der Waals surface area contributed by atoms with Crippen LogP contribution in [0.1, 0.15) is 40.5 Å². The third-order valence-corrected chi connectivity index (χ3v) is 3.46. The summed E-state index contributed by atoms with van der Waals surface area (Å²) >= 11 is 0. The second kappa shape index (κ2) is 6.24. The number of likely N-dealkylation sites (N-methyl/N-ethyl adjacent to an activating group) is 1. The first-order valence-corrected chi connectivity index (χ1v) is 7.00. The molecule has 6 heteroatoms. The van der Waals surface area contributed by atoms with Gasteiger partial charge >= 0.3 is 5.97 Å². The summed E-state index contributed by atoms with van der Waals surface area (Å²) in [7, 11) is 0. The number of carbonyl (C=O) groups excluding carboxylic acids is 2. The lowest BCUT2D eigenvalue weighted by Crippen LogP contribution is -2.51. The predicted molar refractivity (Wildman–Crippen MR) is 74.1 cm³/mol. The Morgan fingerprint density at radius 1 is 1.30 bits per heavy atom. The SMILES string of the molecule is CCN(CC(=O)O)C(=O)C1CCCN1C(=O)C(C)(C)C. The minimum Gasteiger partial charge on any atom is -0.480 e. The van der Waals surface area contributed by atoms with Crippen molar-refractivity contribution in [1.29, 1.82) is 0 Å². The summed E-state index contributed by atoms with van der Waals surface area (Å²) < 4.78 is 0. The van der Waals surface area contributed by atoms with Crippen LogP contribution in [0.5, 0.6) is 0 Å². The topological polar surface area (TPSA) is 77.9 Å². The lowest BCUT2D eigenvalue weighted by atomic mass is 9.94. The summed E-state index contributed by atoms with van der Waals surface area (Å²) in [5.74, 6) is -1.35. The molecule has 6 nitrogen and oxygen atoms in total. The van der Waals surface area contributed by atoms with E-state index < -0.39 is 17.4 Å². The minimum atomic E-state index is -1.04. The number of nitrogens with zero attached hydrogens (tertiary/aromatic N) is 2. The van der Waals surface area contributed by atoms with E-state index in [2.05, 4.69) is 0 Å². The second-order valence-corrected chi connectivity index (χ2v) is 6.15. The van der Waals surface area contributed by atoms with Gasteiger partial charge in [-0.25, -0.2) is 0 Å². The fourth-order valence-corrected chi connectivity index (χ4v) is 2.42. The molecule has 1 atom stereocenters. The maximum absolute atomic E-state index is 12.4. The third-order valence-electron chi connectivity index (χ3n) is 3.46. The van der Waals surface area contributed by atoms with Crippen molar-refractivity contribution in [2.75, 3.05) is 19.6 Å². The van der Waals surface area contributed by atoms with Gasteiger partial charge in [0.05, 0.1) is 0 Å². The number of carboxylic acid groups (broad SMARTS) is 1. The van der Waals surface area contributed by atoms with Crippen molar-refractivity contribution in [2.45, 2.75) is 46.6 Å². The number of rotatable bonds is 4. The van der Waals surface area contributed by atoms with E-state index in [-0.39, 0.29) is 18.4 Å². The number of carbonyl (C=O) groups is 3. The van der Waals surface area contributed by atoms with Gasteiger partial charge in [0.25, 0.3) is 0 Å². The summed E-state index contributed by atoms with van der Waals surface area (Å²) in [5.41, 5.74) is -0.535. The molecular weight excluding hydrogens is 260 g/mol. The molecule has 1 saturated heterocycles. The third kappa shape index (κ3) is 3.71. The van der Waals surface area contributed by atoms with Crippen molar-refractivity contribution in [3.63, 3.8) is 0 Å². The van der Waals surface area contributed by atoms with Crippen LogP contribution in [0.25, 0.3) is 0 Å². The quantitative estimate of drug-likeness (QED) is 0.834. The van der Waals surface area contributed by atoms with Gasteiger partial charge in [0.2, 0.25) is 11.8 Å². The average Bonchev–Trinajstić information content (AvgIpc) is 2.81. The van der Waals surface area contributed by atoms with Crippen LogP contribution in [0, 0.1) is 5.41 Å². The van der Waals surface area contributed by atoms with Crippen LogP contribution in [-0.2, 0) is 14.4 Å². The van der Waals surface area contributed by atoms with Gasteiger partial charge in [-0.1, -0.05) is 20.8 Å². The Morgan fingerprint density at radius 2 is 1.90 bits per heavy atom. The highest BCUT2D eigenvalue weighted by Crippen LogP contribution is 2.26. The van der Waals surface area contributed by atoms with Crippen molar-refractivity contribution in [3.05, 3.63) is 0 Å². The Labute approximate surface area is 119 Å². The molecule has 1 heterocycles. The number of carboxylic acids is 1. The van der Waals surface area contributed by atoms with E-state index in [4.69, 9.17) is 5.11 Å². The second-order valence-electron chi connectivity index (χ2n) is 6.15. The molecule has 1 fully saturated rings. The Bertz CT molecular complexity index is 400. The molecule has 1 unspecified atom stereocenters. The van der Waals surface area contributed by atoms with Gasteiger partial charge in [-0.15, -0.1) is 0 Å². The number of amides is 2. The van der Waals surface area contributed by atoms with Gasteiger partial charge < -0.3 is 14.9 Å². The number of aliphatic carboxylic acids is 1. The molecule has 1 aliphatic rings. The van der Waals surface area contributed by atoms with E-state index >= 15 is 0 Å². The minimum absolute atomic E-state index is 0.0558. The molecular formula is C14H24N2O4. The molecule has 0 saturated carbocycles. The highest BCUT2D eigenvalue weighted by atomic mass is 16.4. The van der Waals surface area contributed by atoms with Crippen LogP contribution in [0.4, 0.5) is 0 Å². The van der Waals surface area contributed by atoms with E-state index in [0.29, 0.717) is 19.5 Å². The monoisotopic (exact) mass is 284 g/mol.